The van der Waals surface area contributed by atoms with Crippen LogP contribution < -0.4 is 10.6 Å². The van der Waals surface area contributed by atoms with Crippen molar-refractivity contribution in [3.8, 4) is 0 Å². The second kappa shape index (κ2) is 9.51. The second-order valence-corrected chi connectivity index (χ2v) is 4.49. The molecule has 0 spiro atoms. The molecule has 1 aromatic carbocycles. The van der Waals surface area contributed by atoms with E-state index in [1.807, 2.05) is 0 Å². The molecule has 0 fully saturated rings. The molecule has 1 rings (SSSR count). The van der Waals surface area contributed by atoms with Crippen LogP contribution in [0.1, 0.15) is 23.2 Å². The molecular weight excluding hydrogens is 288 g/mol. The zero-order chi connectivity index (χ0) is 16.4. The molecule has 0 saturated carbocycles. The van der Waals surface area contributed by atoms with Crippen LogP contribution in [-0.2, 0) is 19.1 Å². The lowest BCUT2D eigenvalue weighted by atomic mass is 10.2. The first kappa shape index (κ1) is 17.6. The standard InChI is InChI=1S/C15H20N2O5/c1-21-8-4-7-16-13(18)10-14(19)17-12-6-3-5-11(9-12)15(20)22-2/h3,5-6,9H,4,7-8,10H2,1-2H3,(H,16,18)(H,17,19). The molecule has 7 nitrogen and oxygen atoms in total. The average Bonchev–Trinajstić information content (AvgIpc) is 2.51. The summed E-state index contributed by atoms with van der Waals surface area (Å²) in [4.78, 5) is 34.7. The monoisotopic (exact) mass is 308 g/mol. The van der Waals surface area contributed by atoms with Gasteiger partial charge in [-0.05, 0) is 24.6 Å². The topological polar surface area (TPSA) is 93.7 Å². The van der Waals surface area contributed by atoms with Crippen molar-refractivity contribution in [1.29, 1.82) is 0 Å². The Labute approximate surface area is 129 Å². The summed E-state index contributed by atoms with van der Waals surface area (Å²) < 4.78 is 9.45. The van der Waals surface area contributed by atoms with Crippen molar-refractivity contribution in [2.75, 3.05) is 32.7 Å². The molecule has 1 aromatic rings. The third kappa shape index (κ3) is 6.36. The van der Waals surface area contributed by atoms with E-state index >= 15 is 0 Å². The van der Waals surface area contributed by atoms with Gasteiger partial charge in [0, 0.05) is 25.9 Å². The van der Waals surface area contributed by atoms with E-state index in [-0.39, 0.29) is 12.3 Å². The van der Waals surface area contributed by atoms with Gasteiger partial charge < -0.3 is 20.1 Å². The van der Waals surface area contributed by atoms with Gasteiger partial charge in [0.05, 0.1) is 12.7 Å². The van der Waals surface area contributed by atoms with Crippen molar-refractivity contribution in [2.45, 2.75) is 12.8 Å². The van der Waals surface area contributed by atoms with Crippen LogP contribution >= 0.6 is 0 Å². The number of carbonyl (C=O) groups is 3. The maximum absolute atomic E-state index is 11.7. The Kier molecular flexibility index (Phi) is 7.63. The third-order valence-electron chi connectivity index (χ3n) is 2.74. The number of amides is 2. The Morgan fingerprint density at radius 1 is 1.14 bits per heavy atom. The first-order valence-corrected chi connectivity index (χ1v) is 6.80. The predicted octanol–water partition coefficient (Wildman–Crippen LogP) is 0.954. The minimum absolute atomic E-state index is 0.282. The number of hydrogen-bond donors (Lipinski definition) is 2. The van der Waals surface area contributed by atoms with E-state index in [0.29, 0.717) is 30.8 Å². The molecule has 22 heavy (non-hydrogen) atoms. The van der Waals surface area contributed by atoms with E-state index in [9.17, 15) is 14.4 Å². The maximum Gasteiger partial charge on any atom is 0.337 e. The molecule has 0 unspecified atom stereocenters. The molecule has 0 atom stereocenters. The maximum atomic E-state index is 11.7. The molecule has 0 saturated heterocycles. The van der Waals surface area contributed by atoms with Gasteiger partial charge in [-0.25, -0.2) is 4.79 Å². The molecule has 0 aliphatic rings. The van der Waals surface area contributed by atoms with Crippen molar-refractivity contribution in [2.24, 2.45) is 0 Å². The number of esters is 1. The number of methoxy groups -OCH3 is 2. The van der Waals surface area contributed by atoms with Crippen LogP contribution in [0, 0.1) is 0 Å². The van der Waals surface area contributed by atoms with E-state index in [1.165, 1.54) is 13.2 Å². The molecule has 0 radical (unpaired) electrons. The Morgan fingerprint density at radius 2 is 1.91 bits per heavy atom. The van der Waals surface area contributed by atoms with E-state index in [4.69, 9.17) is 4.74 Å². The quantitative estimate of drug-likeness (QED) is 0.424. The first-order valence-electron chi connectivity index (χ1n) is 6.80. The number of rotatable bonds is 8. The molecule has 7 heteroatoms. The van der Waals surface area contributed by atoms with Crippen molar-refractivity contribution in [3.05, 3.63) is 29.8 Å². The van der Waals surface area contributed by atoms with Crippen molar-refractivity contribution in [3.63, 3.8) is 0 Å². The van der Waals surface area contributed by atoms with Gasteiger partial charge in [0.1, 0.15) is 6.42 Å². The van der Waals surface area contributed by atoms with Crippen LogP contribution in [0.4, 0.5) is 5.69 Å². The minimum atomic E-state index is -0.494. The van der Waals surface area contributed by atoms with Crippen LogP contribution in [0.25, 0.3) is 0 Å². The summed E-state index contributed by atoms with van der Waals surface area (Å²) >= 11 is 0. The lowest BCUT2D eigenvalue weighted by Crippen LogP contribution is -2.29. The fraction of sp³-hybridized carbons (Fsp3) is 0.400. The number of nitrogens with one attached hydrogen (secondary N) is 2. The van der Waals surface area contributed by atoms with Gasteiger partial charge in [0.2, 0.25) is 11.8 Å². The second-order valence-electron chi connectivity index (χ2n) is 4.49. The Bertz CT molecular complexity index is 530. The molecular formula is C15H20N2O5. The molecule has 0 aliphatic heterocycles. The van der Waals surface area contributed by atoms with Gasteiger partial charge in [-0.15, -0.1) is 0 Å². The minimum Gasteiger partial charge on any atom is -0.465 e. The van der Waals surface area contributed by atoms with E-state index in [0.717, 1.165) is 0 Å². The normalized spacial score (nSPS) is 9.91. The molecule has 0 aromatic heterocycles. The summed E-state index contributed by atoms with van der Waals surface area (Å²) in [6, 6.07) is 6.30. The van der Waals surface area contributed by atoms with Gasteiger partial charge in [0.15, 0.2) is 0 Å². The number of benzene rings is 1. The lowest BCUT2D eigenvalue weighted by Gasteiger charge is -2.07. The fourth-order valence-corrected chi connectivity index (χ4v) is 1.70. The number of carbonyl (C=O) groups excluding carboxylic acids is 3. The van der Waals surface area contributed by atoms with Crippen molar-refractivity contribution < 1.29 is 23.9 Å². The molecule has 2 amide bonds. The number of hydrogen-bond acceptors (Lipinski definition) is 5. The first-order chi connectivity index (χ1) is 10.6. The zero-order valence-corrected chi connectivity index (χ0v) is 12.7. The fourth-order valence-electron chi connectivity index (χ4n) is 1.70. The molecule has 0 heterocycles. The molecule has 0 bridgehead atoms. The Hall–Kier alpha value is -2.41. The summed E-state index contributed by atoms with van der Waals surface area (Å²) in [6.07, 6.45) is 0.403. The number of ether oxygens (including phenoxy) is 2. The SMILES string of the molecule is COCCCNC(=O)CC(=O)Nc1cccc(C(=O)OC)c1. The highest BCUT2D eigenvalue weighted by Crippen LogP contribution is 2.11. The highest BCUT2D eigenvalue weighted by atomic mass is 16.5. The van der Waals surface area contributed by atoms with Crippen LogP contribution in [0.3, 0.4) is 0 Å². The van der Waals surface area contributed by atoms with Crippen LogP contribution in [0.15, 0.2) is 24.3 Å². The molecule has 120 valence electrons. The highest BCUT2D eigenvalue weighted by molar-refractivity contribution is 6.04. The third-order valence-corrected chi connectivity index (χ3v) is 2.74. The summed E-state index contributed by atoms with van der Waals surface area (Å²) in [5.74, 6) is -1.31. The highest BCUT2D eigenvalue weighted by Gasteiger charge is 2.11. The van der Waals surface area contributed by atoms with Crippen LogP contribution in [-0.4, -0.2) is 45.2 Å². The lowest BCUT2D eigenvalue weighted by molar-refractivity contribution is -0.126. The zero-order valence-electron chi connectivity index (χ0n) is 12.7. The predicted molar refractivity (Wildman–Crippen MR) is 80.5 cm³/mol. The summed E-state index contributed by atoms with van der Waals surface area (Å²) in [7, 11) is 2.86. The summed E-state index contributed by atoms with van der Waals surface area (Å²) in [6.45, 7) is 1.00. The van der Waals surface area contributed by atoms with Gasteiger partial charge in [-0.1, -0.05) is 6.07 Å². The smallest absolute Gasteiger partial charge is 0.337 e. The summed E-state index contributed by atoms with van der Waals surface area (Å²) in [5.41, 5.74) is 0.754. The number of anilines is 1. The largest absolute Gasteiger partial charge is 0.465 e. The van der Waals surface area contributed by atoms with Gasteiger partial charge in [0.25, 0.3) is 0 Å². The van der Waals surface area contributed by atoms with Crippen LogP contribution in [0.2, 0.25) is 0 Å². The van der Waals surface area contributed by atoms with E-state index in [1.54, 1.807) is 25.3 Å². The van der Waals surface area contributed by atoms with Crippen LogP contribution in [0.5, 0.6) is 0 Å². The van der Waals surface area contributed by atoms with Crippen molar-refractivity contribution >= 4 is 23.5 Å². The average molecular weight is 308 g/mol. The van der Waals surface area contributed by atoms with Gasteiger partial charge in [-0.2, -0.15) is 0 Å². The summed E-state index contributed by atoms with van der Waals surface area (Å²) in [5, 5.41) is 5.18. The Balaban J connectivity index is 2.44. The van der Waals surface area contributed by atoms with Gasteiger partial charge in [-0.3, -0.25) is 9.59 Å². The Morgan fingerprint density at radius 3 is 2.59 bits per heavy atom. The molecule has 0 aliphatic carbocycles. The van der Waals surface area contributed by atoms with E-state index < -0.39 is 11.9 Å². The van der Waals surface area contributed by atoms with E-state index in [2.05, 4.69) is 15.4 Å². The van der Waals surface area contributed by atoms with Crippen molar-refractivity contribution in [1.82, 2.24) is 5.32 Å². The van der Waals surface area contributed by atoms with Gasteiger partial charge >= 0.3 is 5.97 Å². The molecule has 2 N–H and O–H groups in total.